The molecular weight excluding hydrogens is 356 g/mol. The molecule has 1 unspecified atom stereocenters. The van der Waals surface area contributed by atoms with Crippen molar-refractivity contribution in [2.75, 3.05) is 19.6 Å². The van der Waals surface area contributed by atoms with E-state index in [4.69, 9.17) is 5.73 Å². The minimum Gasteiger partial charge on any atom is -0.354 e. The molecule has 1 saturated heterocycles. The Balaban J connectivity index is 0.00000338. The average Bonchev–Trinajstić information content (AvgIpc) is 2.91. The van der Waals surface area contributed by atoms with Crippen LogP contribution < -0.4 is 16.4 Å². The number of rotatable bonds is 8. The fourth-order valence-corrected chi connectivity index (χ4v) is 2.64. The molecule has 26 heavy (non-hydrogen) atoms. The summed E-state index contributed by atoms with van der Waals surface area (Å²) < 4.78 is 0. The van der Waals surface area contributed by atoms with Gasteiger partial charge in [0.2, 0.25) is 11.8 Å². The lowest BCUT2D eigenvalue weighted by atomic mass is 9.99. The van der Waals surface area contributed by atoms with Gasteiger partial charge in [0, 0.05) is 25.6 Å². The molecule has 4 N–H and O–H groups in total. The van der Waals surface area contributed by atoms with Crippen molar-refractivity contribution in [2.45, 2.75) is 38.6 Å². The number of imide groups is 1. The van der Waals surface area contributed by atoms with E-state index in [9.17, 15) is 14.4 Å². The van der Waals surface area contributed by atoms with E-state index < -0.39 is 6.03 Å². The number of nitrogens with zero attached hydrogens (tertiary/aromatic N) is 1. The largest absolute Gasteiger partial charge is 0.354 e. The summed E-state index contributed by atoms with van der Waals surface area (Å²) in [7, 11) is 0. The SMILES string of the molecule is CC(C)c1ccc(C(N)CNC(=O)CCCN2C(=O)CNC2=O)cc1.Cl. The van der Waals surface area contributed by atoms with Crippen LogP contribution in [-0.4, -0.2) is 42.4 Å². The first-order valence-corrected chi connectivity index (χ1v) is 8.59. The van der Waals surface area contributed by atoms with Gasteiger partial charge in [0.15, 0.2) is 0 Å². The molecular formula is C18H27ClN4O3. The first-order chi connectivity index (χ1) is 11.9. The minimum absolute atomic E-state index is 0. The number of amides is 4. The summed E-state index contributed by atoms with van der Waals surface area (Å²) in [5.74, 6) is 0.0770. The Morgan fingerprint density at radius 3 is 2.38 bits per heavy atom. The molecule has 144 valence electrons. The Morgan fingerprint density at radius 2 is 1.85 bits per heavy atom. The van der Waals surface area contributed by atoms with Crippen LogP contribution in [0.2, 0.25) is 0 Å². The van der Waals surface area contributed by atoms with Crippen LogP contribution >= 0.6 is 12.4 Å². The molecule has 0 aliphatic carbocycles. The van der Waals surface area contributed by atoms with E-state index >= 15 is 0 Å². The molecule has 0 aromatic heterocycles. The standard InChI is InChI=1S/C18H26N4O3.ClH/c1-12(2)13-5-7-14(8-6-13)15(19)10-20-16(23)4-3-9-22-17(24)11-21-18(22)25;/h5-8,12,15H,3-4,9-11,19H2,1-2H3,(H,20,23)(H,21,25);1H. The number of halogens is 1. The summed E-state index contributed by atoms with van der Waals surface area (Å²) in [5, 5.41) is 5.25. The monoisotopic (exact) mass is 382 g/mol. The number of urea groups is 1. The molecule has 1 atom stereocenters. The van der Waals surface area contributed by atoms with E-state index in [2.05, 4.69) is 36.6 Å². The molecule has 1 heterocycles. The molecule has 1 fully saturated rings. The van der Waals surface area contributed by atoms with Crippen molar-refractivity contribution in [1.29, 1.82) is 0 Å². The Morgan fingerprint density at radius 1 is 1.23 bits per heavy atom. The quantitative estimate of drug-likeness (QED) is 0.595. The van der Waals surface area contributed by atoms with E-state index in [1.807, 2.05) is 12.1 Å². The smallest absolute Gasteiger partial charge is 0.324 e. The van der Waals surface area contributed by atoms with Gasteiger partial charge in [0.1, 0.15) is 0 Å². The van der Waals surface area contributed by atoms with Crippen molar-refractivity contribution in [3.8, 4) is 0 Å². The number of carbonyl (C=O) groups excluding carboxylic acids is 3. The molecule has 0 radical (unpaired) electrons. The zero-order valence-electron chi connectivity index (χ0n) is 15.2. The molecule has 8 heteroatoms. The topological polar surface area (TPSA) is 105 Å². The van der Waals surface area contributed by atoms with Gasteiger partial charge in [-0.05, 0) is 23.5 Å². The third-order valence-electron chi connectivity index (χ3n) is 4.27. The average molecular weight is 383 g/mol. The molecule has 1 aromatic rings. The molecule has 7 nitrogen and oxygen atoms in total. The zero-order valence-corrected chi connectivity index (χ0v) is 16.0. The second-order valence-electron chi connectivity index (χ2n) is 6.54. The maximum Gasteiger partial charge on any atom is 0.324 e. The highest BCUT2D eigenvalue weighted by Crippen LogP contribution is 2.17. The third kappa shape index (κ3) is 6.00. The molecule has 0 bridgehead atoms. The normalized spacial score (nSPS) is 14.8. The van der Waals surface area contributed by atoms with Crippen molar-refractivity contribution in [1.82, 2.24) is 15.5 Å². The number of carbonyl (C=O) groups is 3. The van der Waals surface area contributed by atoms with E-state index in [1.165, 1.54) is 5.56 Å². The van der Waals surface area contributed by atoms with Gasteiger partial charge in [-0.2, -0.15) is 0 Å². The van der Waals surface area contributed by atoms with Gasteiger partial charge in [-0.3, -0.25) is 14.5 Å². The molecule has 1 aliphatic heterocycles. The highest BCUT2D eigenvalue weighted by molar-refractivity contribution is 6.01. The van der Waals surface area contributed by atoms with E-state index in [0.717, 1.165) is 10.5 Å². The van der Waals surface area contributed by atoms with Gasteiger partial charge in [0.05, 0.1) is 6.54 Å². The maximum absolute atomic E-state index is 11.9. The van der Waals surface area contributed by atoms with E-state index in [1.54, 1.807) is 0 Å². The lowest BCUT2D eigenvalue weighted by Crippen LogP contribution is -2.34. The van der Waals surface area contributed by atoms with E-state index in [0.29, 0.717) is 18.9 Å². The highest BCUT2D eigenvalue weighted by atomic mass is 35.5. The highest BCUT2D eigenvalue weighted by Gasteiger charge is 2.27. The van der Waals surface area contributed by atoms with Crippen LogP contribution in [0.25, 0.3) is 0 Å². The summed E-state index contributed by atoms with van der Waals surface area (Å²) >= 11 is 0. The van der Waals surface area contributed by atoms with Crippen LogP contribution in [0, 0.1) is 0 Å². The maximum atomic E-state index is 11.9. The van der Waals surface area contributed by atoms with E-state index in [-0.39, 0.29) is 49.8 Å². The fourth-order valence-electron chi connectivity index (χ4n) is 2.64. The summed E-state index contributed by atoms with van der Waals surface area (Å²) in [6.07, 6.45) is 0.680. The zero-order chi connectivity index (χ0) is 18.4. The second-order valence-corrected chi connectivity index (χ2v) is 6.54. The number of hydrogen-bond acceptors (Lipinski definition) is 4. The Bertz CT molecular complexity index is 618. The Hall–Kier alpha value is -2.12. The lowest BCUT2D eigenvalue weighted by molar-refractivity contribution is -0.126. The minimum atomic E-state index is -0.391. The van der Waals surface area contributed by atoms with Gasteiger partial charge in [0.25, 0.3) is 0 Å². The predicted molar refractivity (Wildman–Crippen MR) is 102 cm³/mol. The van der Waals surface area contributed by atoms with Gasteiger partial charge >= 0.3 is 6.03 Å². The summed E-state index contributed by atoms with van der Waals surface area (Å²) in [6, 6.07) is 7.43. The van der Waals surface area contributed by atoms with Crippen LogP contribution in [-0.2, 0) is 9.59 Å². The molecule has 4 amide bonds. The van der Waals surface area contributed by atoms with Crippen molar-refractivity contribution < 1.29 is 14.4 Å². The Labute approximate surface area is 160 Å². The third-order valence-corrected chi connectivity index (χ3v) is 4.27. The van der Waals surface area contributed by atoms with Crippen LogP contribution in [0.4, 0.5) is 4.79 Å². The lowest BCUT2D eigenvalue weighted by Gasteiger charge is -2.15. The van der Waals surface area contributed by atoms with Gasteiger partial charge in [-0.1, -0.05) is 38.1 Å². The first-order valence-electron chi connectivity index (χ1n) is 8.59. The summed E-state index contributed by atoms with van der Waals surface area (Å²) in [6.45, 7) is 4.91. The molecule has 2 rings (SSSR count). The number of benzene rings is 1. The number of nitrogens with two attached hydrogens (primary N) is 1. The predicted octanol–water partition coefficient (Wildman–Crippen LogP) is 1.68. The number of hydrogen-bond donors (Lipinski definition) is 3. The van der Waals surface area contributed by atoms with Gasteiger partial charge in [-0.25, -0.2) is 4.79 Å². The van der Waals surface area contributed by atoms with Crippen molar-refractivity contribution in [2.24, 2.45) is 5.73 Å². The second kappa shape index (κ2) is 10.1. The fraction of sp³-hybridized carbons (Fsp3) is 0.500. The molecule has 1 aromatic carbocycles. The molecule has 1 aliphatic rings. The van der Waals surface area contributed by atoms with Crippen LogP contribution in [0.15, 0.2) is 24.3 Å². The first kappa shape index (κ1) is 21.9. The number of nitrogens with one attached hydrogen (secondary N) is 2. The van der Waals surface area contributed by atoms with Gasteiger partial charge in [-0.15, -0.1) is 12.4 Å². The van der Waals surface area contributed by atoms with Crippen molar-refractivity contribution >= 4 is 30.3 Å². The molecule has 0 saturated carbocycles. The van der Waals surface area contributed by atoms with Crippen molar-refractivity contribution in [3.05, 3.63) is 35.4 Å². The summed E-state index contributed by atoms with van der Waals surface area (Å²) in [4.78, 5) is 35.8. The van der Waals surface area contributed by atoms with Crippen LogP contribution in [0.3, 0.4) is 0 Å². The van der Waals surface area contributed by atoms with Crippen LogP contribution in [0.1, 0.15) is 49.8 Å². The van der Waals surface area contributed by atoms with Crippen LogP contribution in [0.5, 0.6) is 0 Å². The van der Waals surface area contributed by atoms with Gasteiger partial charge < -0.3 is 16.4 Å². The van der Waals surface area contributed by atoms with Crippen molar-refractivity contribution in [3.63, 3.8) is 0 Å². The Kier molecular flexibility index (Phi) is 8.54. The molecule has 0 spiro atoms. The summed E-state index contributed by atoms with van der Waals surface area (Å²) in [5.41, 5.74) is 8.34.